The van der Waals surface area contributed by atoms with Gasteiger partial charge in [0.2, 0.25) is 0 Å². The molecule has 11 heavy (non-hydrogen) atoms. The van der Waals surface area contributed by atoms with Crippen molar-refractivity contribution in [1.29, 1.82) is 0 Å². The second-order valence-electron chi connectivity index (χ2n) is 2.94. The standard InChI is InChI=1S/C7H16NO2P/c1-8-4-3-7(9-2)6(8)5-10-11/h6-7H,3-5,11H2,1-2H3. The van der Waals surface area contributed by atoms with Gasteiger partial charge in [-0.3, -0.25) is 4.90 Å². The Morgan fingerprint density at radius 1 is 1.64 bits per heavy atom. The third-order valence-corrected chi connectivity index (χ3v) is 2.52. The fourth-order valence-corrected chi connectivity index (χ4v) is 1.78. The van der Waals surface area contributed by atoms with Crippen LogP contribution in [0.3, 0.4) is 0 Å². The molecule has 3 unspecified atom stereocenters. The molecule has 1 heterocycles. The third-order valence-electron chi connectivity index (χ3n) is 2.33. The van der Waals surface area contributed by atoms with Crippen LogP contribution in [0.25, 0.3) is 0 Å². The second-order valence-corrected chi connectivity index (χ2v) is 3.28. The molecule has 0 aliphatic carbocycles. The Kier molecular flexibility index (Phi) is 3.73. The second kappa shape index (κ2) is 4.36. The van der Waals surface area contributed by atoms with E-state index in [2.05, 4.69) is 21.4 Å². The van der Waals surface area contributed by atoms with Gasteiger partial charge in [-0.1, -0.05) is 0 Å². The minimum absolute atomic E-state index is 0.348. The summed E-state index contributed by atoms with van der Waals surface area (Å²) in [6.07, 6.45) is 1.46. The van der Waals surface area contributed by atoms with Gasteiger partial charge < -0.3 is 9.26 Å². The van der Waals surface area contributed by atoms with Crippen molar-refractivity contribution in [1.82, 2.24) is 4.90 Å². The summed E-state index contributed by atoms with van der Waals surface area (Å²) in [7, 11) is 6.15. The first-order valence-corrected chi connectivity index (χ1v) is 4.31. The van der Waals surface area contributed by atoms with Gasteiger partial charge >= 0.3 is 0 Å². The van der Waals surface area contributed by atoms with Crippen molar-refractivity contribution in [2.24, 2.45) is 0 Å². The Bertz CT molecular complexity index is 123. The zero-order valence-electron chi connectivity index (χ0n) is 7.12. The molecule has 66 valence electrons. The Morgan fingerprint density at radius 2 is 2.36 bits per heavy atom. The minimum Gasteiger partial charge on any atom is -0.380 e. The number of ether oxygens (including phenoxy) is 1. The summed E-state index contributed by atoms with van der Waals surface area (Å²) in [5, 5.41) is 0. The summed E-state index contributed by atoms with van der Waals surface area (Å²) in [6, 6.07) is 0.428. The van der Waals surface area contributed by atoms with E-state index in [0.29, 0.717) is 12.1 Å². The van der Waals surface area contributed by atoms with E-state index < -0.39 is 0 Å². The van der Waals surface area contributed by atoms with Crippen molar-refractivity contribution in [2.75, 3.05) is 27.3 Å². The van der Waals surface area contributed by atoms with E-state index in [0.717, 1.165) is 19.6 Å². The Labute approximate surface area is 70.3 Å². The SMILES string of the molecule is COC1CCN(C)C1COP. The lowest BCUT2D eigenvalue weighted by molar-refractivity contribution is 0.0535. The quantitative estimate of drug-likeness (QED) is 0.586. The first-order valence-electron chi connectivity index (χ1n) is 3.84. The molecule has 1 fully saturated rings. The summed E-state index contributed by atoms with van der Waals surface area (Å²) in [6.45, 7) is 1.84. The maximum Gasteiger partial charge on any atom is 0.0761 e. The van der Waals surface area contributed by atoms with E-state index in [1.54, 1.807) is 7.11 Å². The average Bonchev–Trinajstić information content (AvgIpc) is 2.34. The van der Waals surface area contributed by atoms with Crippen LogP contribution >= 0.6 is 9.47 Å². The molecule has 0 N–H and O–H groups in total. The van der Waals surface area contributed by atoms with Crippen molar-refractivity contribution >= 4 is 9.47 Å². The minimum atomic E-state index is 0.348. The maximum absolute atomic E-state index is 5.32. The summed E-state index contributed by atoms with van der Waals surface area (Å²) in [4.78, 5) is 2.28. The predicted molar refractivity (Wildman–Crippen MR) is 47.5 cm³/mol. The molecule has 0 amide bonds. The van der Waals surface area contributed by atoms with Gasteiger partial charge in [0.15, 0.2) is 0 Å². The molecule has 0 saturated carbocycles. The summed E-state index contributed by atoms with van der Waals surface area (Å²) in [5.74, 6) is 0. The van der Waals surface area contributed by atoms with E-state index in [9.17, 15) is 0 Å². The van der Waals surface area contributed by atoms with Crippen LogP contribution in [0.1, 0.15) is 6.42 Å². The molecule has 0 bridgehead atoms. The normalized spacial score (nSPS) is 33.0. The van der Waals surface area contributed by atoms with Crippen molar-refractivity contribution in [3.63, 3.8) is 0 Å². The smallest absolute Gasteiger partial charge is 0.0761 e. The molecule has 0 aromatic heterocycles. The lowest BCUT2D eigenvalue weighted by Gasteiger charge is -2.22. The molecule has 0 aromatic rings. The molecule has 3 nitrogen and oxygen atoms in total. The van der Waals surface area contributed by atoms with E-state index in [-0.39, 0.29) is 0 Å². The zero-order valence-corrected chi connectivity index (χ0v) is 8.27. The molecule has 4 heteroatoms. The summed E-state index contributed by atoms with van der Waals surface area (Å²) in [5.41, 5.74) is 0. The Balaban J connectivity index is 2.42. The molecule has 0 aromatic carbocycles. The number of likely N-dealkylation sites (tertiary alicyclic amines) is 1. The van der Waals surface area contributed by atoms with E-state index in [4.69, 9.17) is 9.26 Å². The fraction of sp³-hybridized carbons (Fsp3) is 1.00. The van der Waals surface area contributed by atoms with Gasteiger partial charge in [0.1, 0.15) is 0 Å². The van der Waals surface area contributed by atoms with Gasteiger partial charge in [0.05, 0.1) is 18.8 Å². The number of methoxy groups -OCH3 is 1. The highest BCUT2D eigenvalue weighted by molar-refractivity contribution is 7.09. The van der Waals surface area contributed by atoms with Crippen LogP contribution in [0.5, 0.6) is 0 Å². The van der Waals surface area contributed by atoms with Crippen molar-refractivity contribution in [3.05, 3.63) is 0 Å². The average molecular weight is 177 g/mol. The summed E-state index contributed by atoms with van der Waals surface area (Å²) >= 11 is 0. The van der Waals surface area contributed by atoms with Gasteiger partial charge in [0, 0.05) is 23.1 Å². The number of likely N-dealkylation sites (N-methyl/N-ethyl adjacent to an activating group) is 1. The number of nitrogens with zero attached hydrogens (tertiary/aromatic N) is 1. The highest BCUT2D eigenvalue weighted by Gasteiger charge is 2.31. The van der Waals surface area contributed by atoms with Crippen molar-refractivity contribution in [3.8, 4) is 0 Å². The van der Waals surface area contributed by atoms with Crippen LogP contribution in [0.15, 0.2) is 0 Å². The first kappa shape index (κ1) is 9.40. The number of hydrogen-bond acceptors (Lipinski definition) is 3. The van der Waals surface area contributed by atoms with Gasteiger partial charge in [-0.15, -0.1) is 0 Å². The maximum atomic E-state index is 5.32. The van der Waals surface area contributed by atoms with Gasteiger partial charge in [-0.05, 0) is 13.5 Å². The summed E-state index contributed by atoms with van der Waals surface area (Å²) < 4.78 is 10.3. The monoisotopic (exact) mass is 177 g/mol. The molecule has 3 atom stereocenters. The third kappa shape index (κ3) is 2.12. The Hall–Kier alpha value is 0.310. The van der Waals surface area contributed by atoms with Crippen LogP contribution in [0, 0.1) is 0 Å². The molecule has 1 aliphatic rings. The largest absolute Gasteiger partial charge is 0.380 e. The van der Waals surface area contributed by atoms with E-state index in [1.165, 1.54) is 0 Å². The lowest BCUT2D eigenvalue weighted by Crippen LogP contribution is -2.36. The van der Waals surface area contributed by atoms with Crippen LogP contribution < -0.4 is 0 Å². The molecular formula is C7H16NO2P. The zero-order chi connectivity index (χ0) is 8.27. The van der Waals surface area contributed by atoms with Crippen LogP contribution in [0.2, 0.25) is 0 Å². The highest BCUT2D eigenvalue weighted by atomic mass is 31.0. The van der Waals surface area contributed by atoms with Crippen molar-refractivity contribution in [2.45, 2.75) is 18.6 Å². The molecular weight excluding hydrogens is 161 g/mol. The lowest BCUT2D eigenvalue weighted by atomic mass is 10.2. The molecule has 1 aliphatic heterocycles. The van der Waals surface area contributed by atoms with Gasteiger partial charge in [-0.2, -0.15) is 0 Å². The number of hydrogen-bond donors (Lipinski definition) is 0. The van der Waals surface area contributed by atoms with Crippen LogP contribution in [-0.4, -0.2) is 44.4 Å². The molecule has 0 radical (unpaired) electrons. The van der Waals surface area contributed by atoms with Crippen LogP contribution in [0.4, 0.5) is 0 Å². The molecule has 1 saturated heterocycles. The predicted octanol–water partition coefficient (Wildman–Crippen LogP) is 0.512. The first-order chi connectivity index (χ1) is 5.29. The fourth-order valence-electron chi connectivity index (χ4n) is 1.58. The molecule has 0 spiro atoms. The van der Waals surface area contributed by atoms with E-state index >= 15 is 0 Å². The highest BCUT2D eigenvalue weighted by Crippen LogP contribution is 2.19. The number of rotatable bonds is 3. The molecule has 1 rings (SSSR count). The van der Waals surface area contributed by atoms with Crippen LogP contribution in [-0.2, 0) is 9.26 Å². The van der Waals surface area contributed by atoms with Gasteiger partial charge in [-0.25, -0.2) is 0 Å². The topological polar surface area (TPSA) is 21.7 Å². The van der Waals surface area contributed by atoms with Gasteiger partial charge in [0.25, 0.3) is 0 Å². The van der Waals surface area contributed by atoms with Crippen molar-refractivity contribution < 1.29 is 9.26 Å². The van der Waals surface area contributed by atoms with E-state index in [1.807, 2.05) is 0 Å². The Morgan fingerprint density at radius 3 is 2.91 bits per heavy atom.